The quantitative estimate of drug-likeness (QED) is 0.798. The fourth-order valence-corrected chi connectivity index (χ4v) is 4.24. The second kappa shape index (κ2) is 3.78. The summed E-state index contributed by atoms with van der Waals surface area (Å²) in [6, 6.07) is 3.74. The standard InChI is InChI=1S/C10H10BrN3O2S/c11-8-1-2-9-12-13-10(14(9)5-8)7-3-4-17(15,16)6-7/h1-2,5,7H,3-4,6H2. The number of pyridine rings is 1. The number of nitrogens with zero attached hydrogens (tertiary/aromatic N) is 3. The van der Waals surface area contributed by atoms with E-state index in [0.29, 0.717) is 6.42 Å². The van der Waals surface area contributed by atoms with Gasteiger partial charge >= 0.3 is 0 Å². The summed E-state index contributed by atoms with van der Waals surface area (Å²) in [5.41, 5.74) is 0.743. The number of fused-ring (bicyclic) bond motifs is 1. The van der Waals surface area contributed by atoms with E-state index < -0.39 is 9.84 Å². The van der Waals surface area contributed by atoms with Crippen LogP contribution in [0.2, 0.25) is 0 Å². The highest BCUT2D eigenvalue weighted by Crippen LogP contribution is 2.28. The van der Waals surface area contributed by atoms with Gasteiger partial charge in [0.25, 0.3) is 0 Å². The van der Waals surface area contributed by atoms with Gasteiger partial charge in [-0.05, 0) is 34.5 Å². The molecule has 1 atom stereocenters. The first-order valence-electron chi connectivity index (χ1n) is 5.26. The highest BCUT2D eigenvalue weighted by atomic mass is 79.9. The summed E-state index contributed by atoms with van der Waals surface area (Å²) < 4.78 is 25.7. The molecule has 3 rings (SSSR count). The molecule has 1 saturated heterocycles. The Kier molecular flexibility index (Phi) is 2.48. The van der Waals surface area contributed by atoms with E-state index in [0.717, 1.165) is 15.9 Å². The average molecular weight is 316 g/mol. The second-order valence-electron chi connectivity index (χ2n) is 4.23. The van der Waals surface area contributed by atoms with Gasteiger partial charge in [0.05, 0.1) is 11.5 Å². The van der Waals surface area contributed by atoms with Crippen LogP contribution in [0.3, 0.4) is 0 Å². The molecule has 2 aromatic heterocycles. The van der Waals surface area contributed by atoms with Crippen LogP contribution in [-0.2, 0) is 9.84 Å². The van der Waals surface area contributed by atoms with E-state index in [-0.39, 0.29) is 17.4 Å². The Morgan fingerprint density at radius 1 is 1.35 bits per heavy atom. The van der Waals surface area contributed by atoms with Crippen molar-refractivity contribution < 1.29 is 8.42 Å². The van der Waals surface area contributed by atoms with Crippen LogP contribution in [-0.4, -0.2) is 34.5 Å². The maximum Gasteiger partial charge on any atom is 0.160 e. The topological polar surface area (TPSA) is 64.3 Å². The molecule has 3 heterocycles. The molecule has 0 aromatic carbocycles. The van der Waals surface area contributed by atoms with E-state index in [1.54, 1.807) is 0 Å². The van der Waals surface area contributed by atoms with Gasteiger partial charge in [0.2, 0.25) is 0 Å². The Morgan fingerprint density at radius 2 is 2.18 bits per heavy atom. The monoisotopic (exact) mass is 315 g/mol. The maximum atomic E-state index is 11.5. The zero-order valence-electron chi connectivity index (χ0n) is 8.88. The fourth-order valence-electron chi connectivity index (χ4n) is 2.16. The Labute approximate surface area is 107 Å². The lowest BCUT2D eigenvalue weighted by molar-refractivity contribution is 0.601. The third-order valence-electron chi connectivity index (χ3n) is 2.99. The normalized spacial score (nSPS) is 23.2. The van der Waals surface area contributed by atoms with Crippen molar-refractivity contribution in [2.45, 2.75) is 12.3 Å². The minimum absolute atomic E-state index is 0.0377. The third-order valence-corrected chi connectivity index (χ3v) is 5.23. The molecule has 0 spiro atoms. The van der Waals surface area contributed by atoms with E-state index in [1.165, 1.54) is 0 Å². The molecule has 0 radical (unpaired) electrons. The molecule has 90 valence electrons. The third kappa shape index (κ3) is 1.97. The van der Waals surface area contributed by atoms with Crippen molar-refractivity contribution in [3.8, 4) is 0 Å². The Bertz CT molecular complexity index is 680. The van der Waals surface area contributed by atoms with Gasteiger partial charge in [-0.3, -0.25) is 4.40 Å². The summed E-state index contributed by atoms with van der Waals surface area (Å²) in [7, 11) is -2.89. The van der Waals surface area contributed by atoms with Crippen LogP contribution in [0, 0.1) is 0 Å². The molecular weight excluding hydrogens is 306 g/mol. The van der Waals surface area contributed by atoms with Crippen molar-refractivity contribution in [1.82, 2.24) is 14.6 Å². The molecule has 0 bridgehead atoms. The van der Waals surface area contributed by atoms with Crippen LogP contribution in [0.1, 0.15) is 18.2 Å². The number of aromatic nitrogens is 3. The number of rotatable bonds is 1. The maximum absolute atomic E-state index is 11.5. The Balaban J connectivity index is 2.09. The minimum atomic E-state index is -2.89. The van der Waals surface area contributed by atoms with Gasteiger partial charge in [-0.15, -0.1) is 10.2 Å². The predicted octanol–water partition coefficient (Wildman–Crippen LogP) is 1.39. The van der Waals surface area contributed by atoms with E-state index in [4.69, 9.17) is 0 Å². The highest BCUT2D eigenvalue weighted by molar-refractivity contribution is 9.10. The molecule has 2 aromatic rings. The molecule has 0 aliphatic carbocycles. The van der Waals surface area contributed by atoms with Crippen molar-refractivity contribution in [3.63, 3.8) is 0 Å². The molecule has 7 heteroatoms. The number of hydrogen-bond acceptors (Lipinski definition) is 4. The molecular formula is C10H10BrN3O2S. The Morgan fingerprint density at radius 3 is 2.88 bits per heavy atom. The SMILES string of the molecule is O=S1(=O)CCC(c2nnc3ccc(Br)cn23)C1. The van der Waals surface area contributed by atoms with E-state index in [1.807, 2.05) is 22.7 Å². The van der Waals surface area contributed by atoms with Gasteiger partial charge in [-0.1, -0.05) is 0 Å². The van der Waals surface area contributed by atoms with Gasteiger partial charge < -0.3 is 0 Å². The van der Waals surface area contributed by atoms with Gasteiger partial charge in [-0.25, -0.2) is 8.42 Å². The van der Waals surface area contributed by atoms with Gasteiger partial charge in [0.15, 0.2) is 15.5 Å². The Hall–Kier alpha value is -0.950. The zero-order valence-corrected chi connectivity index (χ0v) is 11.3. The lowest BCUT2D eigenvalue weighted by Gasteiger charge is -2.05. The van der Waals surface area contributed by atoms with Crippen LogP contribution >= 0.6 is 15.9 Å². The minimum Gasteiger partial charge on any atom is -0.285 e. The summed E-state index contributed by atoms with van der Waals surface area (Å²) in [5, 5.41) is 8.16. The van der Waals surface area contributed by atoms with Gasteiger partial charge in [-0.2, -0.15) is 0 Å². The first-order valence-corrected chi connectivity index (χ1v) is 7.87. The predicted molar refractivity (Wildman–Crippen MR) is 66.7 cm³/mol. The van der Waals surface area contributed by atoms with Crippen molar-refractivity contribution in [3.05, 3.63) is 28.6 Å². The molecule has 0 amide bonds. The molecule has 1 aliphatic rings. The first-order chi connectivity index (χ1) is 8.05. The van der Waals surface area contributed by atoms with Crippen LogP contribution in [0.15, 0.2) is 22.8 Å². The number of sulfone groups is 1. The van der Waals surface area contributed by atoms with Crippen LogP contribution < -0.4 is 0 Å². The summed E-state index contributed by atoms with van der Waals surface area (Å²) in [6.45, 7) is 0. The second-order valence-corrected chi connectivity index (χ2v) is 7.38. The number of halogens is 1. The van der Waals surface area contributed by atoms with E-state index in [9.17, 15) is 8.42 Å². The largest absolute Gasteiger partial charge is 0.285 e. The average Bonchev–Trinajstić information content (AvgIpc) is 2.81. The van der Waals surface area contributed by atoms with Gasteiger partial charge in [0.1, 0.15) is 5.82 Å². The summed E-state index contributed by atoms with van der Waals surface area (Å²) in [4.78, 5) is 0. The highest BCUT2D eigenvalue weighted by Gasteiger charge is 2.32. The molecule has 1 fully saturated rings. The molecule has 0 N–H and O–H groups in total. The van der Waals surface area contributed by atoms with Crippen LogP contribution in [0.5, 0.6) is 0 Å². The van der Waals surface area contributed by atoms with Crippen LogP contribution in [0.25, 0.3) is 5.65 Å². The van der Waals surface area contributed by atoms with Crippen molar-refractivity contribution in [2.24, 2.45) is 0 Å². The summed E-state index contributed by atoms with van der Waals surface area (Å²) in [6.07, 6.45) is 2.51. The smallest absolute Gasteiger partial charge is 0.160 e. The molecule has 1 unspecified atom stereocenters. The van der Waals surface area contributed by atoms with E-state index in [2.05, 4.69) is 26.1 Å². The van der Waals surface area contributed by atoms with Crippen LogP contribution in [0.4, 0.5) is 0 Å². The molecule has 17 heavy (non-hydrogen) atoms. The first kappa shape index (κ1) is 11.2. The van der Waals surface area contributed by atoms with Crippen molar-refractivity contribution >= 4 is 31.4 Å². The van der Waals surface area contributed by atoms with Gasteiger partial charge in [0, 0.05) is 16.6 Å². The lowest BCUT2D eigenvalue weighted by atomic mass is 10.1. The number of hydrogen-bond donors (Lipinski definition) is 0. The van der Waals surface area contributed by atoms with Crippen molar-refractivity contribution in [2.75, 3.05) is 11.5 Å². The zero-order chi connectivity index (χ0) is 12.0. The fraction of sp³-hybridized carbons (Fsp3) is 0.400. The lowest BCUT2D eigenvalue weighted by Crippen LogP contribution is -2.07. The molecule has 5 nitrogen and oxygen atoms in total. The van der Waals surface area contributed by atoms with Crippen molar-refractivity contribution in [1.29, 1.82) is 0 Å². The summed E-state index contributed by atoms with van der Waals surface area (Å²) >= 11 is 3.39. The molecule has 1 aliphatic heterocycles. The molecule has 0 saturated carbocycles. The summed E-state index contributed by atoms with van der Waals surface area (Å²) in [5.74, 6) is 1.13. The van der Waals surface area contributed by atoms with E-state index >= 15 is 0 Å².